The lowest BCUT2D eigenvalue weighted by Gasteiger charge is -2.35. The molecule has 13 heavy (non-hydrogen) atoms. The maximum absolute atomic E-state index is 11.3. The van der Waals surface area contributed by atoms with Gasteiger partial charge in [0.1, 0.15) is 5.78 Å². The summed E-state index contributed by atoms with van der Waals surface area (Å²) in [5, 5.41) is 0. The Bertz CT molecular complexity index is 221. The van der Waals surface area contributed by atoms with Crippen molar-refractivity contribution in [3.05, 3.63) is 0 Å². The molecule has 0 aliphatic heterocycles. The van der Waals surface area contributed by atoms with Crippen LogP contribution in [0.3, 0.4) is 0 Å². The molecule has 2 rings (SSSR count). The third-order valence-electron chi connectivity index (χ3n) is 4.39. The van der Waals surface area contributed by atoms with Gasteiger partial charge in [-0.25, -0.2) is 0 Å². The average Bonchev–Trinajstić information content (AvgIpc) is 2.41. The van der Waals surface area contributed by atoms with E-state index < -0.39 is 0 Å². The van der Waals surface area contributed by atoms with Gasteiger partial charge in [0.05, 0.1) is 0 Å². The highest BCUT2D eigenvalue weighted by molar-refractivity contribution is 5.78. The molecule has 2 saturated carbocycles. The number of fused-ring (bicyclic) bond motifs is 1. The van der Waals surface area contributed by atoms with E-state index in [2.05, 4.69) is 6.92 Å². The first-order valence-electron chi connectivity index (χ1n) is 5.62. The molecule has 2 aliphatic rings. The van der Waals surface area contributed by atoms with E-state index in [1.54, 1.807) is 6.92 Å². The van der Waals surface area contributed by atoms with Crippen molar-refractivity contribution in [2.24, 2.45) is 17.3 Å². The average molecular weight is 180 g/mol. The Hall–Kier alpha value is -0.330. The van der Waals surface area contributed by atoms with Gasteiger partial charge in [0.2, 0.25) is 0 Å². The summed E-state index contributed by atoms with van der Waals surface area (Å²) in [6.07, 6.45) is 7.88. The van der Waals surface area contributed by atoms with Gasteiger partial charge in [0, 0.05) is 5.92 Å². The lowest BCUT2D eigenvalue weighted by atomic mass is 9.70. The van der Waals surface area contributed by atoms with Gasteiger partial charge in [-0.05, 0) is 43.9 Å². The van der Waals surface area contributed by atoms with E-state index in [1.165, 1.54) is 38.5 Å². The molecule has 0 heterocycles. The Kier molecular flexibility index (Phi) is 2.21. The van der Waals surface area contributed by atoms with Crippen LogP contribution in [0.5, 0.6) is 0 Å². The van der Waals surface area contributed by atoms with Crippen LogP contribution < -0.4 is 0 Å². The number of hydrogen-bond donors (Lipinski definition) is 0. The molecule has 0 amide bonds. The molecule has 3 atom stereocenters. The summed E-state index contributed by atoms with van der Waals surface area (Å²) in [6, 6.07) is 0. The van der Waals surface area contributed by atoms with E-state index in [0.29, 0.717) is 17.1 Å². The first kappa shape index (κ1) is 9.23. The maximum atomic E-state index is 11.3. The van der Waals surface area contributed by atoms with Crippen molar-refractivity contribution in [2.75, 3.05) is 0 Å². The first-order chi connectivity index (χ1) is 6.12. The number of carbonyl (C=O) groups is 1. The molecule has 0 saturated heterocycles. The van der Waals surface area contributed by atoms with E-state index in [1.807, 2.05) is 0 Å². The fourth-order valence-electron chi connectivity index (χ4n) is 3.44. The number of hydrogen-bond acceptors (Lipinski definition) is 1. The van der Waals surface area contributed by atoms with Crippen molar-refractivity contribution in [3.8, 4) is 0 Å². The molecule has 0 radical (unpaired) electrons. The van der Waals surface area contributed by atoms with E-state index in [0.717, 1.165) is 5.92 Å². The molecule has 2 aliphatic carbocycles. The molecule has 2 fully saturated rings. The summed E-state index contributed by atoms with van der Waals surface area (Å²) in [7, 11) is 0. The van der Waals surface area contributed by atoms with Gasteiger partial charge in [-0.15, -0.1) is 0 Å². The van der Waals surface area contributed by atoms with Crippen LogP contribution in [0, 0.1) is 17.3 Å². The van der Waals surface area contributed by atoms with E-state index >= 15 is 0 Å². The fraction of sp³-hybridized carbons (Fsp3) is 0.917. The van der Waals surface area contributed by atoms with E-state index in [-0.39, 0.29) is 0 Å². The van der Waals surface area contributed by atoms with Crippen molar-refractivity contribution in [3.63, 3.8) is 0 Å². The minimum Gasteiger partial charge on any atom is -0.300 e. The standard InChI is InChI=1S/C12H20O/c1-9(13)10-7-11-5-3-4-6-12(11,2)8-10/h10-11H,3-8H2,1-2H3/t10?,11-,12+/m0/s1. The van der Waals surface area contributed by atoms with Crippen molar-refractivity contribution in [1.29, 1.82) is 0 Å². The van der Waals surface area contributed by atoms with Gasteiger partial charge in [0.25, 0.3) is 0 Å². The Labute approximate surface area is 80.9 Å². The van der Waals surface area contributed by atoms with Crippen molar-refractivity contribution < 1.29 is 4.79 Å². The fourth-order valence-corrected chi connectivity index (χ4v) is 3.44. The summed E-state index contributed by atoms with van der Waals surface area (Å²) in [5.41, 5.74) is 0.522. The molecule has 0 aromatic heterocycles. The molecule has 0 aromatic carbocycles. The molecule has 1 unspecified atom stereocenters. The van der Waals surface area contributed by atoms with Gasteiger partial charge in [-0.1, -0.05) is 19.8 Å². The number of carbonyl (C=O) groups excluding carboxylic acids is 1. The summed E-state index contributed by atoms with van der Waals surface area (Å²) in [6.45, 7) is 4.17. The zero-order valence-electron chi connectivity index (χ0n) is 8.81. The molecular weight excluding hydrogens is 160 g/mol. The van der Waals surface area contributed by atoms with Crippen molar-refractivity contribution >= 4 is 5.78 Å². The first-order valence-corrected chi connectivity index (χ1v) is 5.62. The smallest absolute Gasteiger partial charge is 0.132 e. The van der Waals surface area contributed by atoms with Gasteiger partial charge >= 0.3 is 0 Å². The van der Waals surface area contributed by atoms with Gasteiger partial charge in [-0.2, -0.15) is 0 Å². The zero-order valence-corrected chi connectivity index (χ0v) is 8.81. The minimum atomic E-state index is 0.396. The Morgan fingerprint density at radius 3 is 2.77 bits per heavy atom. The van der Waals surface area contributed by atoms with Crippen LogP contribution in [0.2, 0.25) is 0 Å². The van der Waals surface area contributed by atoms with Crippen LogP contribution in [-0.4, -0.2) is 5.78 Å². The second-order valence-electron chi connectivity index (χ2n) is 5.34. The number of rotatable bonds is 1. The van der Waals surface area contributed by atoms with Crippen LogP contribution in [0.15, 0.2) is 0 Å². The molecule has 1 heteroatoms. The summed E-state index contributed by atoms with van der Waals surface area (Å²) < 4.78 is 0. The predicted octanol–water partition coefficient (Wildman–Crippen LogP) is 3.18. The van der Waals surface area contributed by atoms with Crippen molar-refractivity contribution in [1.82, 2.24) is 0 Å². The highest BCUT2D eigenvalue weighted by Crippen LogP contribution is 2.54. The molecule has 0 aromatic rings. The highest BCUT2D eigenvalue weighted by Gasteiger charge is 2.45. The lowest BCUT2D eigenvalue weighted by Crippen LogP contribution is -2.25. The Morgan fingerprint density at radius 1 is 1.38 bits per heavy atom. The maximum Gasteiger partial charge on any atom is 0.132 e. The van der Waals surface area contributed by atoms with Gasteiger partial charge in [-0.3, -0.25) is 4.79 Å². The molecule has 74 valence electrons. The van der Waals surface area contributed by atoms with E-state index in [4.69, 9.17) is 0 Å². The lowest BCUT2D eigenvalue weighted by molar-refractivity contribution is -0.120. The van der Waals surface area contributed by atoms with Crippen LogP contribution in [0.1, 0.15) is 52.4 Å². The van der Waals surface area contributed by atoms with Crippen molar-refractivity contribution in [2.45, 2.75) is 52.4 Å². The SMILES string of the molecule is CC(=O)C1C[C@@H]2CCCC[C@]2(C)C1. The quantitative estimate of drug-likeness (QED) is 0.605. The van der Waals surface area contributed by atoms with Crippen LogP contribution in [0.4, 0.5) is 0 Å². The van der Waals surface area contributed by atoms with E-state index in [9.17, 15) is 4.79 Å². The predicted molar refractivity (Wildman–Crippen MR) is 53.5 cm³/mol. The van der Waals surface area contributed by atoms with Crippen LogP contribution >= 0.6 is 0 Å². The Morgan fingerprint density at radius 2 is 2.15 bits per heavy atom. The third-order valence-corrected chi connectivity index (χ3v) is 4.39. The third kappa shape index (κ3) is 1.53. The minimum absolute atomic E-state index is 0.396. The monoisotopic (exact) mass is 180 g/mol. The molecule has 0 spiro atoms. The van der Waals surface area contributed by atoms with Crippen LogP contribution in [0.25, 0.3) is 0 Å². The summed E-state index contributed by atoms with van der Waals surface area (Å²) in [4.78, 5) is 11.3. The van der Waals surface area contributed by atoms with Gasteiger partial charge < -0.3 is 0 Å². The van der Waals surface area contributed by atoms with Gasteiger partial charge in [0.15, 0.2) is 0 Å². The molecule has 1 nitrogen and oxygen atoms in total. The second-order valence-corrected chi connectivity index (χ2v) is 5.34. The van der Waals surface area contributed by atoms with Crippen LogP contribution in [-0.2, 0) is 4.79 Å². The normalized spacial score (nSPS) is 44.5. The second kappa shape index (κ2) is 3.11. The topological polar surface area (TPSA) is 17.1 Å². The number of ketones is 1. The Balaban J connectivity index is 2.10. The summed E-state index contributed by atoms with van der Waals surface area (Å²) in [5.74, 6) is 1.68. The zero-order chi connectivity index (χ0) is 9.47. The highest BCUT2D eigenvalue weighted by atomic mass is 16.1. The molecule has 0 N–H and O–H groups in total. The summed E-state index contributed by atoms with van der Waals surface area (Å²) >= 11 is 0. The number of Topliss-reactive ketones (excluding diaryl/α,β-unsaturated/α-hetero) is 1. The molecule has 0 bridgehead atoms. The largest absolute Gasteiger partial charge is 0.300 e. The molecular formula is C12H20O.